The molecule has 0 aliphatic carbocycles. The number of aliphatic hydroxyl groups excluding tert-OH is 1. The van der Waals surface area contributed by atoms with Crippen molar-refractivity contribution in [1.29, 1.82) is 0 Å². The zero-order valence-electron chi connectivity index (χ0n) is 13.1. The van der Waals surface area contributed by atoms with Crippen LogP contribution in [0.4, 0.5) is 0 Å². The summed E-state index contributed by atoms with van der Waals surface area (Å²) in [5.41, 5.74) is 1.21. The van der Waals surface area contributed by atoms with E-state index >= 15 is 0 Å². The number of halogens is 1. The fourth-order valence-corrected chi connectivity index (χ4v) is 2.86. The van der Waals surface area contributed by atoms with Crippen molar-refractivity contribution in [2.24, 2.45) is 5.92 Å². The summed E-state index contributed by atoms with van der Waals surface area (Å²) in [6.07, 6.45) is 1.90. The second kappa shape index (κ2) is 7.94. The third-order valence-electron chi connectivity index (χ3n) is 4.15. The molecule has 0 radical (unpaired) electrons. The molecule has 22 heavy (non-hydrogen) atoms. The highest BCUT2D eigenvalue weighted by molar-refractivity contribution is 6.29. The van der Waals surface area contributed by atoms with Crippen molar-refractivity contribution in [3.63, 3.8) is 0 Å². The summed E-state index contributed by atoms with van der Waals surface area (Å²) in [5, 5.41) is 16.6. The van der Waals surface area contributed by atoms with Crippen LogP contribution in [0.25, 0.3) is 0 Å². The predicted molar refractivity (Wildman–Crippen MR) is 83.8 cm³/mol. The van der Waals surface area contributed by atoms with Crippen molar-refractivity contribution < 1.29 is 14.4 Å². The minimum atomic E-state index is -0.559. The molecule has 2 heterocycles. The molecule has 1 aromatic heterocycles. The number of hydrogen-bond donors (Lipinski definition) is 2. The molecule has 0 aromatic carbocycles. The molecule has 1 saturated heterocycles. The van der Waals surface area contributed by atoms with Gasteiger partial charge < -0.3 is 19.8 Å². The number of rotatable bonds is 6. The zero-order chi connectivity index (χ0) is 16.1. The Balaban J connectivity index is 1.69. The van der Waals surface area contributed by atoms with E-state index in [1.807, 2.05) is 0 Å². The van der Waals surface area contributed by atoms with E-state index in [2.05, 4.69) is 22.3 Å². The van der Waals surface area contributed by atoms with Crippen LogP contribution in [-0.4, -0.2) is 53.4 Å². The molecule has 2 N–H and O–H groups in total. The van der Waals surface area contributed by atoms with E-state index in [4.69, 9.17) is 16.1 Å². The van der Waals surface area contributed by atoms with Gasteiger partial charge in [-0.1, -0.05) is 12.1 Å². The predicted octanol–water partition coefficient (Wildman–Crippen LogP) is 1.39. The highest BCUT2D eigenvalue weighted by Crippen LogP contribution is 2.19. The molecule has 1 fully saturated rings. The van der Waals surface area contributed by atoms with E-state index in [9.17, 15) is 9.90 Å². The highest BCUT2D eigenvalue weighted by Gasteiger charge is 2.19. The standard InChI is InChI=1S/C15H24ClN3O3/c1-10-3-5-19(6-4-10)9-12(20)8-17-14(21)7-13-11(2)18-22-15(13)16/h10,12,20H,3-9H2,1-2H3,(H,17,21). The van der Waals surface area contributed by atoms with Gasteiger partial charge in [0.2, 0.25) is 11.1 Å². The Morgan fingerprint density at radius 2 is 2.23 bits per heavy atom. The van der Waals surface area contributed by atoms with Crippen LogP contribution >= 0.6 is 11.6 Å². The number of aromatic nitrogens is 1. The Bertz CT molecular complexity index is 479. The van der Waals surface area contributed by atoms with Gasteiger partial charge in [0.25, 0.3) is 0 Å². The van der Waals surface area contributed by atoms with Gasteiger partial charge in [0.15, 0.2) is 0 Å². The number of aryl methyl sites for hydroxylation is 1. The molecule has 1 atom stereocenters. The summed E-state index contributed by atoms with van der Waals surface area (Å²) in [6.45, 7) is 6.87. The minimum Gasteiger partial charge on any atom is -0.390 e. The number of β-amino-alcohol motifs (C(OH)–C–C–N with tert-alkyl or cyclic N) is 1. The smallest absolute Gasteiger partial charge is 0.229 e. The molecular formula is C15H24ClN3O3. The molecule has 1 aromatic rings. The molecule has 7 heteroatoms. The maximum atomic E-state index is 11.9. The summed E-state index contributed by atoms with van der Waals surface area (Å²) >= 11 is 5.83. The lowest BCUT2D eigenvalue weighted by Gasteiger charge is -2.31. The lowest BCUT2D eigenvalue weighted by Crippen LogP contribution is -2.43. The Morgan fingerprint density at radius 3 is 2.82 bits per heavy atom. The van der Waals surface area contributed by atoms with E-state index in [0.717, 1.165) is 19.0 Å². The second-order valence-corrected chi connectivity index (χ2v) is 6.48. The van der Waals surface area contributed by atoms with Gasteiger partial charge in [-0.25, -0.2) is 0 Å². The molecule has 0 spiro atoms. The van der Waals surface area contributed by atoms with Gasteiger partial charge in [0, 0.05) is 18.7 Å². The van der Waals surface area contributed by atoms with Crippen LogP contribution in [0.3, 0.4) is 0 Å². The Hall–Kier alpha value is -1.11. The van der Waals surface area contributed by atoms with Gasteiger partial charge in [-0.2, -0.15) is 0 Å². The molecule has 0 bridgehead atoms. The van der Waals surface area contributed by atoms with Gasteiger partial charge in [0.1, 0.15) is 0 Å². The number of likely N-dealkylation sites (tertiary alicyclic amines) is 1. The number of carbonyl (C=O) groups excluding carboxylic acids is 1. The highest BCUT2D eigenvalue weighted by atomic mass is 35.5. The van der Waals surface area contributed by atoms with E-state index in [-0.39, 0.29) is 24.1 Å². The van der Waals surface area contributed by atoms with Crippen LogP contribution < -0.4 is 5.32 Å². The first kappa shape index (κ1) is 17.2. The maximum Gasteiger partial charge on any atom is 0.229 e. The maximum absolute atomic E-state index is 11.9. The molecule has 0 saturated carbocycles. The van der Waals surface area contributed by atoms with Crippen molar-refractivity contribution in [2.75, 3.05) is 26.2 Å². The Morgan fingerprint density at radius 1 is 1.55 bits per heavy atom. The zero-order valence-corrected chi connectivity index (χ0v) is 13.9. The first-order valence-corrected chi connectivity index (χ1v) is 8.11. The van der Waals surface area contributed by atoms with Crippen LogP contribution in [0.2, 0.25) is 5.22 Å². The molecular weight excluding hydrogens is 306 g/mol. The molecule has 1 amide bonds. The average Bonchev–Trinajstić information content (AvgIpc) is 2.79. The Labute approximate surface area is 135 Å². The summed E-state index contributed by atoms with van der Waals surface area (Å²) in [7, 11) is 0. The third-order valence-corrected chi connectivity index (χ3v) is 4.45. The number of nitrogens with zero attached hydrogens (tertiary/aromatic N) is 2. The number of carbonyl (C=O) groups is 1. The number of hydrogen-bond acceptors (Lipinski definition) is 5. The van der Waals surface area contributed by atoms with Gasteiger partial charge in [-0.05, 0) is 50.4 Å². The van der Waals surface area contributed by atoms with Crippen LogP contribution in [-0.2, 0) is 11.2 Å². The summed E-state index contributed by atoms with van der Waals surface area (Å²) in [5.74, 6) is 0.573. The molecule has 124 valence electrons. The number of amides is 1. The SMILES string of the molecule is Cc1noc(Cl)c1CC(=O)NCC(O)CN1CCC(C)CC1. The van der Waals surface area contributed by atoms with Crippen LogP contribution in [0.5, 0.6) is 0 Å². The fraction of sp³-hybridized carbons (Fsp3) is 0.733. The van der Waals surface area contributed by atoms with Crippen molar-refractivity contribution in [1.82, 2.24) is 15.4 Å². The molecule has 2 rings (SSSR count). The number of piperidine rings is 1. The van der Waals surface area contributed by atoms with E-state index in [1.165, 1.54) is 12.8 Å². The van der Waals surface area contributed by atoms with Crippen molar-refractivity contribution in [2.45, 2.75) is 39.2 Å². The average molecular weight is 330 g/mol. The van der Waals surface area contributed by atoms with Gasteiger partial charge in [-0.3, -0.25) is 4.79 Å². The lowest BCUT2D eigenvalue weighted by molar-refractivity contribution is -0.121. The summed E-state index contributed by atoms with van der Waals surface area (Å²) in [4.78, 5) is 14.1. The van der Waals surface area contributed by atoms with E-state index in [1.54, 1.807) is 6.92 Å². The van der Waals surface area contributed by atoms with E-state index < -0.39 is 6.10 Å². The first-order valence-electron chi connectivity index (χ1n) is 7.73. The quantitative estimate of drug-likeness (QED) is 0.824. The lowest BCUT2D eigenvalue weighted by atomic mass is 9.99. The van der Waals surface area contributed by atoms with Crippen molar-refractivity contribution in [3.05, 3.63) is 16.5 Å². The van der Waals surface area contributed by atoms with Crippen molar-refractivity contribution >= 4 is 17.5 Å². The van der Waals surface area contributed by atoms with Gasteiger partial charge >= 0.3 is 0 Å². The monoisotopic (exact) mass is 329 g/mol. The van der Waals surface area contributed by atoms with E-state index in [0.29, 0.717) is 17.8 Å². The van der Waals surface area contributed by atoms with Crippen molar-refractivity contribution in [3.8, 4) is 0 Å². The number of aliphatic hydroxyl groups is 1. The second-order valence-electron chi connectivity index (χ2n) is 6.14. The van der Waals surface area contributed by atoms with Gasteiger partial charge in [0.05, 0.1) is 18.2 Å². The molecule has 1 aliphatic heterocycles. The van der Waals surface area contributed by atoms with Crippen LogP contribution in [0.1, 0.15) is 31.0 Å². The largest absolute Gasteiger partial charge is 0.390 e. The summed E-state index contributed by atoms with van der Waals surface area (Å²) < 4.78 is 4.81. The third kappa shape index (κ3) is 4.97. The van der Waals surface area contributed by atoms with Gasteiger partial charge in [-0.15, -0.1) is 0 Å². The Kier molecular flexibility index (Phi) is 6.23. The fourth-order valence-electron chi connectivity index (χ4n) is 2.62. The molecule has 1 unspecified atom stereocenters. The summed E-state index contributed by atoms with van der Waals surface area (Å²) in [6, 6.07) is 0. The topological polar surface area (TPSA) is 78.6 Å². The number of nitrogens with one attached hydrogen (secondary N) is 1. The van der Waals surface area contributed by atoms with Crippen LogP contribution in [0, 0.1) is 12.8 Å². The van der Waals surface area contributed by atoms with Crippen LogP contribution in [0.15, 0.2) is 4.52 Å². The molecule has 6 nitrogen and oxygen atoms in total. The first-order chi connectivity index (χ1) is 10.5. The molecule has 1 aliphatic rings. The minimum absolute atomic E-state index is 0.113. The normalized spacial score (nSPS) is 18.4.